The third kappa shape index (κ3) is 2.93. The highest BCUT2D eigenvalue weighted by Crippen LogP contribution is 2.16. The van der Waals surface area contributed by atoms with Crippen LogP contribution in [0.25, 0.3) is 0 Å². The first kappa shape index (κ1) is 11.4. The number of rotatable bonds is 4. The molecule has 0 aliphatic heterocycles. The van der Waals surface area contributed by atoms with E-state index in [2.05, 4.69) is 10.3 Å². The molecule has 0 unspecified atom stereocenters. The maximum atomic E-state index is 13.4. The minimum absolute atomic E-state index is 0.202. The summed E-state index contributed by atoms with van der Waals surface area (Å²) in [7, 11) is 1.50. The number of hydrogen-bond donors (Lipinski definition) is 1. The summed E-state index contributed by atoms with van der Waals surface area (Å²) in [5.41, 5.74) is 1.07. The van der Waals surface area contributed by atoms with Gasteiger partial charge in [0, 0.05) is 12.6 Å². The van der Waals surface area contributed by atoms with Gasteiger partial charge in [-0.1, -0.05) is 30.3 Å². The average molecular weight is 232 g/mol. The van der Waals surface area contributed by atoms with Crippen molar-refractivity contribution in [2.45, 2.75) is 6.54 Å². The van der Waals surface area contributed by atoms with Gasteiger partial charge < -0.3 is 10.1 Å². The minimum Gasteiger partial charge on any atom is -0.481 e. The van der Waals surface area contributed by atoms with Crippen molar-refractivity contribution < 1.29 is 9.13 Å². The van der Waals surface area contributed by atoms with E-state index in [1.165, 1.54) is 19.2 Å². The summed E-state index contributed by atoms with van der Waals surface area (Å²) < 4.78 is 18.4. The van der Waals surface area contributed by atoms with Crippen LogP contribution in [0, 0.1) is 5.82 Å². The molecule has 88 valence electrons. The topological polar surface area (TPSA) is 34.1 Å². The van der Waals surface area contributed by atoms with Gasteiger partial charge in [0.25, 0.3) is 0 Å². The number of pyridine rings is 1. The second-order valence-electron chi connectivity index (χ2n) is 3.52. The summed E-state index contributed by atoms with van der Waals surface area (Å²) in [5, 5.41) is 2.94. The standard InChI is InChI=1S/C13H13FN2O/c1-17-12-8-7-11(14)13(16-12)15-9-10-5-3-2-4-6-10/h2-8H,9H2,1H3,(H,15,16). The predicted octanol–water partition coefficient (Wildman–Crippen LogP) is 2.84. The van der Waals surface area contributed by atoms with Crippen LogP contribution in [0.2, 0.25) is 0 Å². The third-order valence-electron chi connectivity index (χ3n) is 2.33. The van der Waals surface area contributed by atoms with Crippen molar-refractivity contribution in [3.63, 3.8) is 0 Å². The molecule has 0 spiro atoms. The van der Waals surface area contributed by atoms with Gasteiger partial charge in [-0.2, -0.15) is 4.98 Å². The molecule has 17 heavy (non-hydrogen) atoms. The SMILES string of the molecule is COc1ccc(F)c(NCc2ccccc2)n1. The van der Waals surface area contributed by atoms with Gasteiger partial charge in [0.05, 0.1) is 7.11 Å². The Balaban J connectivity index is 2.08. The van der Waals surface area contributed by atoms with E-state index in [9.17, 15) is 4.39 Å². The third-order valence-corrected chi connectivity index (χ3v) is 2.33. The normalized spacial score (nSPS) is 10.0. The Morgan fingerprint density at radius 2 is 1.94 bits per heavy atom. The predicted molar refractivity (Wildman–Crippen MR) is 64.5 cm³/mol. The first-order chi connectivity index (χ1) is 8.29. The van der Waals surface area contributed by atoms with Gasteiger partial charge in [0.2, 0.25) is 5.88 Å². The van der Waals surface area contributed by atoms with Crippen molar-refractivity contribution in [3.05, 3.63) is 53.8 Å². The Bertz CT molecular complexity index is 488. The van der Waals surface area contributed by atoms with Crippen molar-refractivity contribution in [1.82, 2.24) is 4.98 Å². The molecule has 0 saturated carbocycles. The van der Waals surface area contributed by atoms with Crippen LogP contribution in [0.5, 0.6) is 5.88 Å². The number of hydrogen-bond acceptors (Lipinski definition) is 3. The molecule has 0 aliphatic carbocycles. The molecule has 2 aromatic rings. The van der Waals surface area contributed by atoms with Gasteiger partial charge in [-0.15, -0.1) is 0 Å². The molecule has 4 heteroatoms. The van der Waals surface area contributed by atoms with E-state index in [1.807, 2.05) is 30.3 Å². The van der Waals surface area contributed by atoms with Crippen LogP contribution < -0.4 is 10.1 Å². The number of nitrogens with zero attached hydrogens (tertiary/aromatic N) is 1. The van der Waals surface area contributed by atoms with Crippen molar-refractivity contribution in [2.75, 3.05) is 12.4 Å². The summed E-state index contributed by atoms with van der Waals surface area (Å²) in [4.78, 5) is 4.00. The van der Waals surface area contributed by atoms with E-state index in [4.69, 9.17) is 4.74 Å². The molecular weight excluding hydrogens is 219 g/mol. The molecule has 1 heterocycles. The fourth-order valence-electron chi connectivity index (χ4n) is 1.44. The van der Waals surface area contributed by atoms with Crippen molar-refractivity contribution >= 4 is 5.82 Å². The monoisotopic (exact) mass is 232 g/mol. The van der Waals surface area contributed by atoms with Gasteiger partial charge >= 0.3 is 0 Å². The summed E-state index contributed by atoms with van der Waals surface area (Å²) in [6.07, 6.45) is 0. The van der Waals surface area contributed by atoms with Crippen LogP contribution in [-0.2, 0) is 6.54 Å². The Kier molecular flexibility index (Phi) is 3.55. The van der Waals surface area contributed by atoms with Gasteiger partial charge in [-0.05, 0) is 11.6 Å². The fraction of sp³-hybridized carbons (Fsp3) is 0.154. The lowest BCUT2D eigenvalue weighted by atomic mass is 10.2. The van der Waals surface area contributed by atoms with E-state index in [1.54, 1.807) is 0 Å². The molecule has 0 aliphatic rings. The Hall–Kier alpha value is -2.10. The Morgan fingerprint density at radius 1 is 1.18 bits per heavy atom. The highest BCUT2D eigenvalue weighted by molar-refractivity contribution is 5.39. The fourth-order valence-corrected chi connectivity index (χ4v) is 1.44. The van der Waals surface area contributed by atoms with Gasteiger partial charge in [-0.25, -0.2) is 4.39 Å². The average Bonchev–Trinajstić information content (AvgIpc) is 2.39. The van der Waals surface area contributed by atoms with E-state index in [0.29, 0.717) is 12.4 Å². The number of benzene rings is 1. The molecule has 0 atom stereocenters. The van der Waals surface area contributed by atoms with Crippen LogP contribution in [0.15, 0.2) is 42.5 Å². The number of methoxy groups -OCH3 is 1. The molecule has 0 amide bonds. The number of nitrogens with one attached hydrogen (secondary N) is 1. The minimum atomic E-state index is -0.387. The van der Waals surface area contributed by atoms with Gasteiger partial charge in [0.15, 0.2) is 11.6 Å². The first-order valence-electron chi connectivity index (χ1n) is 5.28. The quantitative estimate of drug-likeness (QED) is 0.880. The second kappa shape index (κ2) is 5.30. The molecule has 2 rings (SSSR count). The van der Waals surface area contributed by atoms with Crippen LogP contribution in [0.4, 0.5) is 10.2 Å². The molecule has 0 fully saturated rings. The number of anilines is 1. The number of halogens is 1. The lowest BCUT2D eigenvalue weighted by Crippen LogP contribution is -2.04. The molecule has 3 nitrogen and oxygen atoms in total. The smallest absolute Gasteiger partial charge is 0.215 e. The molecule has 0 radical (unpaired) electrons. The first-order valence-corrected chi connectivity index (χ1v) is 5.28. The molecule has 1 aromatic carbocycles. The lowest BCUT2D eigenvalue weighted by Gasteiger charge is -2.08. The van der Waals surface area contributed by atoms with Crippen molar-refractivity contribution in [3.8, 4) is 5.88 Å². The zero-order valence-electron chi connectivity index (χ0n) is 9.48. The van der Waals surface area contributed by atoms with Crippen molar-refractivity contribution in [2.24, 2.45) is 0 Å². The van der Waals surface area contributed by atoms with E-state index in [0.717, 1.165) is 5.56 Å². The zero-order valence-corrected chi connectivity index (χ0v) is 9.48. The lowest BCUT2D eigenvalue weighted by molar-refractivity contribution is 0.396. The summed E-state index contributed by atoms with van der Waals surface area (Å²) in [6, 6.07) is 12.6. The molecular formula is C13H13FN2O. The Labute approximate surface area is 99.3 Å². The van der Waals surface area contributed by atoms with Crippen molar-refractivity contribution in [1.29, 1.82) is 0 Å². The summed E-state index contributed by atoms with van der Waals surface area (Å²) in [6.45, 7) is 0.526. The number of ether oxygens (including phenoxy) is 1. The molecule has 0 saturated heterocycles. The van der Waals surface area contributed by atoms with Gasteiger partial charge in [-0.3, -0.25) is 0 Å². The molecule has 1 N–H and O–H groups in total. The molecule has 1 aromatic heterocycles. The maximum Gasteiger partial charge on any atom is 0.215 e. The number of aromatic nitrogens is 1. The second-order valence-corrected chi connectivity index (χ2v) is 3.52. The zero-order chi connectivity index (χ0) is 12.1. The van der Waals surface area contributed by atoms with E-state index in [-0.39, 0.29) is 11.6 Å². The van der Waals surface area contributed by atoms with Crippen LogP contribution in [0.1, 0.15) is 5.56 Å². The maximum absolute atomic E-state index is 13.4. The van der Waals surface area contributed by atoms with Crippen LogP contribution in [-0.4, -0.2) is 12.1 Å². The summed E-state index contributed by atoms with van der Waals surface area (Å²) >= 11 is 0. The molecule has 0 bridgehead atoms. The highest BCUT2D eigenvalue weighted by atomic mass is 19.1. The van der Waals surface area contributed by atoms with Gasteiger partial charge in [0.1, 0.15) is 0 Å². The van der Waals surface area contributed by atoms with E-state index >= 15 is 0 Å². The Morgan fingerprint density at radius 3 is 2.65 bits per heavy atom. The van der Waals surface area contributed by atoms with Crippen LogP contribution >= 0.6 is 0 Å². The summed E-state index contributed by atoms with van der Waals surface area (Å²) in [5.74, 6) is 0.205. The highest BCUT2D eigenvalue weighted by Gasteiger charge is 2.05. The van der Waals surface area contributed by atoms with Crippen LogP contribution in [0.3, 0.4) is 0 Å². The largest absolute Gasteiger partial charge is 0.481 e. The van der Waals surface area contributed by atoms with E-state index < -0.39 is 0 Å².